The summed E-state index contributed by atoms with van der Waals surface area (Å²) in [4.78, 5) is 12.0. The average Bonchev–Trinajstić information content (AvgIpc) is 2.62. The standard InChI is InChI=1S/C18H21FN4O/c19-15-7-4-6-14(12-15)13-24-22-17(20)16-8-5-9-21-18(16)23-10-2-1-3-11-23/h4-9,12H,1-3,10-11,13H2,(H2,20,22). The average molecular weight is 328 g/mol. The Kier molecular flexibility index (Phi) is 5.25. The number of benzene rings is 1. The molecule has 0 spiro atoms. The van der Waals surface area contributed by atoms with Crippen LogP contribution >= 0.6 is 0 Å². The van der Waals surface area contributed by atoms with Crippen LogP contribution in [0.1, 0.15) is 30.4 Å². The second kappa shape index (κ2) is 7.77. The Morgan fingerprint density at radius 1 is 1.21 bits per heavy atom. The number of hydrogen-bond donors (Lipinski definition) is 1. The highest BCUT2D eigenvalue weighted by atomic mass is 19.1. The van der Waals surface area contributed by atoms with Crippen LogP contribution in [0.3, 0.4) is 0 Å². The van der Waals surface area contributed by atoms with Crippen molar-refractivity contribution in [2.75, 3.05) is 18.0 Å². The minimum atomic E-state index is -0.298. The number of nitrogens with two attached hydrogens (primary N) is 1. The number of nitrogens with zero attached hydrogens (tertiary/aromatic N) is 3. The van der Waals surface area contributed by atoms with Gasteiger partial charge in [-0.3, -0.25) is 0 Å². The lowest BCUT2D eigenvalue weighted by molar-refractivity contribution is 0.130. The molecule has 1 aromatic carbocycles. The molecule has 2 N–H and O–H groups in total. The summed E-state index contributed by atoms with van der Waals surface area (Å²) < 4.78 is 13.1. The van der Waals surface area contributed by atoms with E-state index in [9.17, 15) is 4.39 Å². The normalized spacial score (nSPS) is 15.4. The number of halogens is 1. The van der Waals surface area contributed by atoms with Gasteiger partial charge in [0.2, 0.25) is 0 Å². The molecule has 6 heteroatoms. The molecule has 5 nitrogen and oxygen atoms in total. The molecule has 1 aromatic heterocycles. The summed E-state index contributed by atoms with van der Waals surface area (Å²) in [6, 6.07) is 9.93. The Hall–Kier alpha value is -2.63. The Bertz CT molecular complexity index is 714. The van der Waals surface area contributed by atoms with E-state index in [0.717, 1.165) is 37.3 Å². The Balaban J connectivity index is 1.71. The SMILES string of the molecule is NC(=NOCc1cccc(F)c1)c1cccnc1N1CCCCC1. The smallest absolute Gasteiger partial charge is 0.174 e. The summed E-state index contributed by atoms with van der Waals surface area (Å²) in [5, 5.41) is 3.98. The second-order valence-corrected chi connectivity index (χ2v) is 5.80. The van der Waals surface area contributed by atoms with Gasteiger partial charge < -0.3 is 15.5 Å². The van der Waals surface area contributed by atoms with Crippen molar-refractivity contribution >= 4 is 11.7 Å². The van der Waals surface area contributed by atoms with Gasteiger partial charge in [-0.15, -0.1) is 0 Å². The van der Waals surface area contributed by atoms with Gasteiger partial charge in [-0.05, 0) is 49.1 Å². The van der Waals surface area contributed by atoms with Crippen LogP contribution < -0.4 is 10.6 Å². The summed E-state index contributed by atoms with van der Waals surface area (Å²) in [5.74, 6) is 0.820. The zero-order valence-corrected chi connectivity index (χ0v) is 13.5. The van der Waals surface area contributed by atoms with Crippen molar-refractivity contribution in [1.82, 2.24) is 4.98 Å². The molecule has 3 rings (SSSR count). The Labute approximate surface area is 140 Å². The molecule has 126 valence electrons. The third-order valence-electron chi connectivity index (χ3n) is 4.00. The lowest BCUT2D eigenvalue weighted by Gasteiger charge is -2.29. The van der Waals surface area contributed by atoms with E-state index in [2.05, 4.69) is 15.0 Å². The van der Waals surface area contributed by atoms with E-state index in [1.807, 2.05) is 12.1 Å². The van der Waals surface area contributed by atoms with Gasteiger partial charge in [-0.1, -0.05) is 17.3 Å². The molecule has 1 aliphatic rings. The zero-order chi connectivity index (χ0) is 16.8. The third kappa shape index (κ3) is 4.01. The van der Waals surface area contributed by atoms with E-state index in [-0.39, 0.29) is 18.3 Å². The van der Waals surface area contributed by atoms with Crippen molar-refractivity contribution in [3.8, 4) is 0 Å². The van der Waals surface area contributed by atoms with Crippen LogP contribution in [-0.4, -0.2) is 23.9 Å². The number of rotatable bonds is 5. The Morgan fingerprint density at radius 3 is 2.83 bits per heavy atom. The number of oxime groups is 1. The first kappa shape index (κ1) is 16.2. The highest BCUT2D eigenvalue weighted by Crippen LogP contribution is 2.21. The van der Waals surface area contributed by atoms with Crippen molar-refractivity contribution < 1.29 is 9.23 Å². The van der Waals surface area contributed by atoms with Gasteiger partial charge >= 0.3 is 0 Å². The molecular weight excluding hydrogens is 307 g/mol. The van der Waals surface area contributed by atoms with Gasteiger partial charge in [0.15, 0.2) is 5.84 Å². The molecule has 0 radical (unpaired) electrons. The molecule has 0 saturated carbocycles. The quantitative estimate of drug-likeness (QED) is 0.520. The van der Waals surface area contributed by atoms with Crippen molar-refractivity contribution in [1.29, 1.82) is 0 Å². The van der Waals surface area contributed by atoms with Crippen LogP contribution in [0.15, 0.2) is 47.8 Å². The summed E-state index contributed by atoms with van der Waals surface area (Å²) in [7, 11) is 0. The van der Waals surface area contributed by atoms with Crippen LogP contribution in [-0.2, 0) is 11.4 Å². The number of pyridine rings is 1. The van der Waals surface area contributed by atoms with Crippen LogP contribution in [0.4, 0.5) is 10.2 Å². The monoisotopic (exact) mass is 328 g/mol. The third-order valence-corrected chi connectivity index (χ3v) is 4.00. The lowest BCUT2D eigenvalue weighted by Crippen LogP contribution is -2.32. The van der Waals surface area contributed by atoms with Gasteiger partial charge in [0.1, 0.15) is 18.2 Å². The lowest BCUT2D eigenvalue weighted by atomic mass is 10.1. The molecule has 2 aromatic rings. The largest absolute Gasteiger partial charge is 0.389 e. The molecule has 0 aliphatic carbocycles. The van der Waals surface area contributed by atoms with E-state index in [0.29, 0.717) is 5.56 Å². The van der Waals surface area contributed by atoms with Crippen LogP contribution in [0.25, 0.3) is 0 Å². The van der Waals surface area contributed by atoms with E-state index >= 15 is 0 Å². The van der Waals surface area contributed by atoms with E-state index in [1.165, 1.54) is 18.6 Å². The first-order valence-corrected chi connectivity index (χ1v) is 8.14. The molecule has 1 saturated heterocycles. The summed E-state index contributed by atoms with van der Waals surface area (Å²) in [6.07, 6.45) is 5.32. The van der Waals surface area contributed by atoms with Crippen LogP contribution in [0.5, 0.6) is 0 Å². The van der Waals surface area contributed by atoms with E-state index in [4.69, 9.17) is 10.6 Å². The fourth-order valence-electron chi connectivity index (χ4n) is 2.81. The molecule has 2 heterocycles. The summed E-state index contributed by atoms with van der Waals surface area (Å²) in [5.41, 5.74) is 7.55. The van der Waals surface area contributed by atoms with Gasteiger partial charge in [-0.25, -0.2) is 9.37 Å². The molecule has 0 bridgehead atoms. The summed E-state index contributed by atoms with van der Waals surface area (Å²) in [6.45, 7) is 2.11. The maximum Gasteiger partial charge on any atom is 0.174 e. The number of aromatic nitrogens is 1. The maximum absolute atomic E-state index is 13.1. The molecule has 0 atom stereocenters. The Morgan fingerprint density at radius 2 is 2.04 bits per heavy atom. The second-order valence-electron chi connectivity index (χ2n) is 5.80. The van der Waals surface area contributed by atoms with Crippen molar-refractivity contribution in [3.63, 3.8) is 0 Å². The van der Waals surface area contributed by atoms with Crippen LogP contribution in [0, 0.1) is 5.82 Å². The minimum Gasteiger partial charge on any atom is -0.389 e. The van der Waals surface area contributed by atoms with Crippen molar-refractivity contribution in [3.05, 3.63) is 59.5 Å². The van der Waals surface area contributed by atoms with Gasteiger partial charge in [-0.2, -0.15) is 0 Å². The molecule has 24 heavy (non-hydrogen) atoms. The summed E-state index contributed by atoms with van der Waals surface area (Å²) >= 11 is 0. The number of anilines is 1. The molecular formula is C18H21FN4O. The number of amidine groups is 1. The van der Waals surface area contributed by atoms with Gasteiger partial charge in [0.05, 0.1) is 5.56 Å². The van der Waals surface area contributed by atoms with E-state index in [1.54, 1.807) is 18.3 Å². The molecule has 1 fully saturated rings. The molecule has 0 unspecified atom stereocenters. The molecule has 0 amide bonds. The first-order chi connectivity index (χ1) is 11.7. The topological polar surface area (TPSA) is 63.7 Å². The fraction of sp³-hybridized carbons (Fsp3) is 0.333. The van der Waals surface area contributed by atoms with Gasteiger partial charge in [0.25, 0.3) is 0 Å². The zero-order valence-electron chi connectivity index (χ0n) is 13.5. The predicted octanol–water partition coefficient (Wildman–Crippen LogP) is 3.05. The number of hydrogen-bond acceptors (Lipinski definition) is 4. The minimum absolute atomic E-state index is 0.164. The van der Waals surface area contributed by atoms with Crippen LogP contribution in [0.2, 0.25) is 0 Å². The maximum atomic E-state index is 13.1. The molecule has 1 aliphatic heterocycles. The van der Waals surface area contributed by atoms with Crippen molar-refractivity contribution in [2.24, 2.45) is 10.9 Å². The highest BCUT2D eigenvalue weighted by molar-refractivity contribution is 6.01. The van der Waals surface area contributed by atoms with E-state index < -0.39 is 0 Å². The first-order valence-electron chi connectivity index (χ1n) is 8.14. The predicted molar refractivity (Wildman–Crippen MR) is 92.2 cm³/mol. The van der Waals surface area contributed by atoms with Gasteiger partial charge in [0, 0.05) is 19.3 Å². The van der Waals surface area contributed by atoms with Crippen molar-refractivity contribution in [2.45, 2.75) is 25.9 Å². The highest BCUT2D eigenvalue weighted by Gasteiger charge is 2.17. The number of piperidine rings is 1. The fourth-order valence-corrected chi connectivity index (χ4v) is 2.81.